The first kappa shape index (κ1) is 11.6. The lowest BCUT2D eigenvalue weighted by atomic mass is 10.0. The van der Waals surface area contributed by atoms with Crippen LogP contribution in [0.2, 0.25) is 0 Å². The van der Waals surface area contributed by atoms with Gasteiger partial charge in [0.05, 0.1) is 0 Å². The molecule has 0 atom stereocenters. The quantitative estimate of drug-likeness (QED) is 0.876. The van der Waals surface area contributed by atoms with E-state index < -0.39 is 0 Å². The molecule has 0 fully saturated rings. The highest BCUT2D eigenvalue weighted by Crippen LogP contribution is 2.25. The molecule has 2 N–H and O–H groups in total. The van der Waals surface area contributed by atoms with Crippen LogP contribution in [0, 0.1) is 0 Å². The monoisotopic (exact) mass is 231 g/mol. The molecule has 0 bridgehead atoms. The van der Waals surface area contributed by atoms with Crippen molar-refractivity contribution >= 4 is 5.82 Å². The number of nitrogen functional groups attached to an aromatic ring is 1. The molecular weight excluding hydrogens is 214 g/mol. The predicted molar refractivity (Wildman–Crippen MR) is 67.0 cm³/mol. The van der Waals surface area contributed by atoms with Crippen LogP contribution in [0.4, 0.5) is 5.82 Å². The molecule has 0 amide bonds. The van der Waals surface area contributed by atoms with Crippen LogP contribution in [0.15, 0.2) is 18.7 Å². The average Bonchev–Trinajstić information content (AvgIpc) is 2.75. The maximum absolute atomic E-state index is 5.94. The van der Waals surface area contributed by atoms with Crippen LogP contribution >= 0.6 is 0 Å². The lowest BCUT2D eigenvalue weighted by Crippen LogP contribution is -2.10. The Bertz CT molecular complexity index is 515. The number of rotatable bonds is 3. The van der Waals surface area contributed by atoms with Gasteiger partial charge in [-0.1, -0.05) is 20.8 Å². The van der Waals surface area contributed by atoms with E-state index in [2.05, 4.69) is 35.7 Å². The van der Waals surface area contributed by atoms with Crippen molar-refractivity contribution < 1.29 is 0 Å². The molecule has 2 heterocycles. The van der Waals surface area contributed by atoms with Gasteiger partial charge in [0.1, 0.15) is 23.8 Å². The van der Waals surface area contributed by atoms with Crippen molar-refractivity contribution in [2.24, 2.45) is 0 Å². The Hall–Kier alpha value is -1.91. The van der Waals surface area contributed by atoms with Crippen LogP contribution < -0.4 is 5.73 Å². The van der Waals surface area contributed by atoms with Crippen LogP contribution in [0.3, 0.4) is 0 Å². The van der Waals surface area contributed by atoms with Gasteiger partial charge in [0.15, 0.2) is 0 Å². The van der Waals surface area contributed by atoms with Crippen LogP contribution in [0.1, 0.15) is 38.1 Å². The SMILES string of the molecule is CCc1nccn1-c1ncnc(N)c1C(C)C. The minimum absolute atomic E-state index is 0.276. The third-order valence-corrected chi connectivity index (χ3v) is 2.73. The van der Waals surface area contributed by atoms with E-state index in [1.165, 1.54) is 6.33 Å². The van der Waals surface area contributed by atoms with E-state index in [1.54, 1.807) is 6.20 Å². The maximum atomic E-state index is 5.94. The first-order valence-electron chi connectivity index (χ1n) is 5.78. The van der Waals surface area contributed by atoms with Crippen molar-refractivity contribution in [3.8, 4) is 5.82 Å². The molecule has 0 unspecified atom stereocenters. The molecule has 0 aliphatic carbocycles. The Morgan fingerprint density at radius 2 is 2.06 bits per heavy atom. The summed E-state index contributed by atoms with van der Waals surface area (Å²) in [6.45, 7) is 6.24. The molecule has 17 heavy (non-hydrogen) atoms. The van der Waals surface area contributed by atoms with Crippen molar-refractivity contribution in [3.05, 3.63) is 30.1 Å². The Morgan fingerprint density at radius 1 is 1.29 bits per heavy atom. The number of aromatic nitrogens is 4. The summed E-state index contributed by atoms with van der Waals surface area (Å²) in [6, 6.07) is 0. The van der Waals surface area contributed by atoms with Crippen LogP contribution in [0.25, 0.3) is 5.82 Å². The molecule has 0 saturated carbocycles. The van der Waals surface area contributed by atoms with Crippen LogP contribution in [-0.4, -0.2) is 19.5 Å². The zero-order valence-electron chi connectivity index (χ0n) is 10.4. The predicted octanol–water partition coefficient (Wildman–Crippen LogP) is 1.93. The van der Waals surface area contributed by atoms with Gasteiger partial charge < -0.3 is 5.73 Å². The number of nitrogens with two attached hydrogens (primary N) is 1. The second kappa shape index (κ2) is 4.53. The molecule has 2 rings (SSSR count). The lowest BCUT2D eigenvalue weighted by molar-refractivity contribution is 0.795. The van der Waals surface area contributed by atoms with E-state index >= 15 is 0 Å². The van der Waals surface area contributed by atoms with E-state index in [-0.39, 0.29) is 5.92 Å². The summed E-state index contributed by atoms with van der Waals surface area (Å²) < 4.78 is 1.98. The number of nitrogens with zero attached hydrogens (tertiary/aromatic N) is 4. The molecule has 0 radical (unpaired) electrons. The van der Waals surface area contributed by atoms with E-state index in [9.17, 15) is 0 Å². The topological polar surface area (TPSA) is 69.6 Å². The van der Waals surface area contributed by atoms with Gasteiger partial charge in [0.2, 0.25) is 0 Å². The van der Waals surface area contributed by atoms with Gasteiger partial charge in [0.25, 0.3) is 0 Å². The molecule has 2 aromatic rings. The normalized spacial score (nSPS) is 11.1. The van der Waals surface area contributed by atoms with Crippen molar-refractivity contribution in [1.29, 1.82) is 0 Å². The summed E-state index contributed by atoms with van der Waals surface area (Å²) in [6.07, 6.45) is 6.04. The van der Waals surface area contributed by atoms with E-state index in [0.717, 1.165) is 23.6 Å². The second-order valence-corrected chi connectivity index (χ2v) is 4.22. The first-order valence-corrected chi connectivity index (χ1v) is 5.78. The van der Waals surface area contributed by atoms with Gasteiger partial charge in [-0.2, -0.15) is 0 Å². The number of hydrogen-bond donors (Lipinski definition) is 1. The smallest absolute Gasteiger partial charge is 0.147 e. The third-order valence-electron chi connectivity index (χ3n) is 2.73. The van der Waals surface area contributed by atoms with Gasteiger partial charge in [0, 0.05) is 24.4 Å². The Labute approximate surface area is 101 Å². The molecule has 0 aromatic carbocycles. The second-order valence-electron chi connectivity index (χ2n) is 4.22. The molecule has 0 spiro atoms. The zero-order chi connectivity index (χ0) is 12.4. The number of anilines is 1. The minimum Gasteiger partial charge on any atom is -0.383 e. The molecule has 5 nitrogen and oxygen atoms in total. The largest absolute Gasteiger partial charge is 0.383 e. The van der Waals surface area contributed by atoms with Crippen molar-refractivity contribution in [1.82, 2.24) is 19.5 Å². The Balaban J connectivity index is 2.63. The molecule has 5 heteroatoms. The van der Waals surface area contributed by atoms with Crippen molar-refractivity contribution in [2.75, 3.05) is 5.73 Å². The highest BCUT2D eigenvalue weighted by molar-refractivity contribution is 5.50. The average molecular weight is 231 g/mol. The summed E-state index contributed by atoms with van der Waals surface area (Å²) in [5, 5.41) is 0. The Morgan fingerprint density at radius 3 is 2.71 bits per heavy atom. The molecule has 2 aromatic heterocycles. The van der Waals surface area contributed by atoms with Gasteiger partial charge >= 0.3 is 0 Å². The molecule has 0 aliphatic heterocycles. The third kappa shape index (κ3) is 2.00. The van der Waals surface area contributed by atoms with Gasteiger partial charge in [-0.3, -0.25) is 4.57 Å². The zero-order valence-corrected chi connectivity index (χ0v) is 10.4. The minimum atomic E-state index is 0.276. The van der Waals surface area contributed by atoms with Crippen molar-refractivity contribution in [3.63, 3.8) is 0 Å². The highest BCUT2D eigenvalue weighted by Gasteiger charge is 2.15. The van der Waals surface area contributed by atoms with Crippen LogP contribution in [0.5, 0.6) is 0 Å². The first-order chi connectivity index (χ1) is 8.15. The van der Waals surface area contributed by atoms with Crippen molar-refractivity contribution in [2.45, 2.75) is 33.1 Å². The Kier molecular flexibility index (Phi) is 3.08. The van der Waals surface area contributed by atoms with Gasteiger partial charge in [-0.25, -0.2) is 15.0 Å². The fourth-order valence-electron chi connectivity index (χ4n) is 1.93. The standard InChI is InChI=1S/C12H17N5/c1-4-9-14-5-6-17(9)12-10(8(2)3)11(13)15-7-16-12/h5-8H,4H2,1-3H3,(H2,13,15,16). The highest BCUT2D eigenvalue weighted by atomic mass is 15.1. The van der Waals surface area contributed by atoms with E-state index in [1.807, 2.05) is 10.8 Å². The summed E-state index contributed by atoms with van der Waals surface area (Å²) in [4.78, 5) is 12.7. The summed E-state index contributed by atoms with van der Waals surface area (Å²) in [7, 11) is 0. The summed E-state index contributed by atoms with van der Waals surface area (Å²) in [5.41, 5.74) is 6.91. The van der Waals surface area contributed by atoms with Gasteiger partial charge in [-0.15, -0.1) is 0 Å². The van der Waals surface area contributed by atoms with E-state index in [0.29, 0.717) is 5.82 Å². The molecular formula is C12H17N5. The molecule has 0 saturated heterocycles. The lowest BCUT2D eigenvalue weighted by Gasteiger charge is -2.15. The number of aryl methyl sites for hydroxylation is 1. The number of imidazole rings is 1. The summed E-state index contributed by atoms with van der Waals surface area (Å²) in [5.74, 6) is 2.63. The maximum Gasteiger partial charge on any atom is 0.147 e. The molecule has 0 aliphatic rings. The van der Waals surface area contributed by atoms with Crippen LogP contribution in [-0.2, 0) is 6.42 Å². The van der Waals surface area contributed by atoms with E-state index in [4.69, 9.17) is 5.73 Å². The summed E-state index contributed by atoms with van der Waals surface area (Å²) >= 11 is 0. The fourth-order valence-corrected chi connectivity index (χ4v) is 1.93. The molecule has 90 valence electrons. The number of hydrogen-bond acceptors (Lipinski definition) is 4. The fraction of sp³-hybridized carbons (Fsp3) is 0.417. The van der Waals surface area contributed by atoms with Gasteiger partial charge in [-0.05, 0) is 5.92 Å².